The Morgan fingerprint density at radius 1 is 0.941 bits per heavy atom. The summed E-state index contributed by atoms with van der Waals surface area (Å²) >= 11 is 0. The molecule has 0 aliphatic carbocycles. The number of hydrogen-bond acceptors (Lipinski definition) is 3. The van der Waals surface area contributed by atoms with E-state index in [-0.39, 0.29) is 0 Å². The summed E-state index contributed by atoms with van der Waals surface area (Å²) in [6.45, 7) is 0. The van der Waals surface area contributed by atoms with Crippen molar-refractivity contribution in [2.45, 2.75) is 6.18 Å². The number of benzene rings is 1. The first-order valence-electron chi connectivity index (χ1n) is 3.93. The number of hydrogen-bond donors (Lipinski definition) is 1. The van der Waals surface area contributed by atoms with Crippen LogP contribution in [0.1, 0.15) is 16.7 Å². The van der Waals surface area contributed by atoms with Gasteiger partial charge in [0.25, 0.3) is 0 Å². The fourth-order valence-corrected chi connectivity index (χ4v) is 1.21. The average Bonchev–Trinajstić information content (AvgIpc) is 2.21. The monoisotopic (exact) mass is 247 g/mol. The van der Waals surface area contributed by atoms with Crippen LogP contribution in [0, 0.1) is 34.3 Å². The Hall–Kier alpha value is -2.35. The van der Waals surface area contributed by atoms with Gasteiger partial charge >= 0.3 is 6.18 Å². The standard InChI is InChI=1S/C9H2F5N3/c10-6-3(1-15)4(2-16)8(17)5(7(6)11)9(12,13)14/h17H2. The number of nitriles is 2. The summed E-state index contributed by atoms with van der Waals surface area (Å²) in [5, 5.41) is 16.9. The van der Waals surface area contributed by atoms with Crippen molar-refractivity contribution in [2.75, 3.05) is 5.73 Å². The van der Waals surface area contributed by atoms with Crippen LogP contribution < -0.4 is 5.73 Å². The first kappa shape index (κ1) is 12.7. The molecule has 0 unspecified atom stereocenters. The third-order valence-electron chi connectivity index (χ3n) is 1.93. The minimum atomic E-state index is -5.26. The highest BCUT2D eigenvalue weighted by Gasteiger charge is 2.40. The van der Waals surface area contributed by atoms with Gasteiger partial charge < -0.3 is 5.73 Å². The molecule has 0 saturated carbocycles. The van der Waals surface area contributed by atoms with Gasteiger partial charge in [0.05, 0.1) is 11.3 Å². The van der Waals surface area contributed by atoms with Crippen LogP contribution in [0.5, 0.6) is 0 Å². The molecule has 1 rings (SSSR count). The quantitative estimate of drug-likeness (QED) is 0.564. The second-order valence-corrected chi connectivity index (χ2v) is 2.89. The summed E-state index contributed by atoms with van der Waals surface area (Å²) in [5.74, 6) is -4.32. The molecule has 2 N–H and O–H groups in total. The first-order valence-corrected chi connectivity index (χ1v) is 3.93. The van der Waals surface area contributed by atoms with E-state index < -0.39 is 40.2 Å². The van der Waals surface area contributed by atoms with E-state index in [1.165, 1.54) is 0 Å². The van der Waals surface area contributed by atoms with Gasteiger partial charge in [-0.25, -0.2) is 8.78 Å². The van der Waals surface area contributed by atoms with Crippen molar-refractivity contribution >= 4 is 5.69 Å². The number of nitrogen functional groups attached to an aromatic ring is 1. The van der Waals surface area contributed by atoms with Crippen molar-refractivity contribution in [3.05, 3.63) is 28.3 Å². The van der Waals surface area contributed by atoms with E-state index in [0.717, 1.165) is 12.1 Å². The lowest BCUT2D eigenvalue weighted by molar-refractivity contribution is -0.139. The predicted molar refractivity (Wildman–Crippen MR) is 45.2 cm³/mol. The van der Waals surface area contributed by atoms with Gasteiger partial charge in [-0.1, -0.05) is 0 Å². The Bertz CT molecular complexity index is 562. The molecule has 0 saturated heterocycles. The highest BCUT2D eigenvalue weighted by Crippen LogP contribution is 2.39. The molecule has 0 aliphatic heterocycles. The third kappa shape index (κ3) is 1.85. The van der Waals surface area contributed by atoms with Crippen molar-refractivity contribution in [3.63, 3.8) is 0 Å². The maximum Gasteiger partial charge on any atom is 0.421 e. The average molecular weight is 247 g/mol. The lowest BCUT2D eigenvalue weighted by Crippen LogP contribution is -2.16. The molecule has 17 heavy (non-hydrogen) atoms. The van der Waals surface area contributed by atoms with Gasteiger partial charge in [-0.2, -0.15) is 23.7 Å². The van der Waals surface area contributed by atoms with Crippen LogP contribution in [-0.2, 0) is 6.18 Å². The van der Waals surface area contributed by atoms with Crippen molar-refractivity contribution in [1.29, 1.82) is 10.5 Å². The van der Waals surface area contributed by atoms with E-state index in [1.54, 1.807) is 0 Å². The van der Waals surface area contributed by atoms with Gasteiger partial charge in [0.2, 0.25) is 0 Å². The smallest absolute Gasteiger partial charge is 0.397 e. The number of halogens is 5. The van der Waals surface area contributed by atoms with Gasteiger partial charge in [0.15, 0.2) is 11.6 Å². The van der Waals surface area contributed by atoms with E-state index in [9.17, 15) is 22.0 Å². The minimum Gasteiger partial charge on any atom is -0.397 e. The van der Waals surface area contributed by atoms with Crippen molar-refractivity contribution in [3.8, 4) is 12.1 Å². The molecule has 0 atom stereocenters. The first-order chi connectivity index (χ1) is 7.75. The molecule has 88 valence electrons. The number of nitrogens with two attached hydrogens (primary N) is 1. The van der Waals surface area contributed by atoms with Crippen LogP contribution >= 0.6 is 0 Å². The van der Waals surface area contributed by atoms with Crippen LogP contribution in [0.2, 0.25) is 0 Å². The topological polar surface area (TPSA) is 73.6 Å². The maximum atomic E-state index is 13.1. The van der Waals surface area contributed by atoms with Crippen molar-refractivity contribution in [2.24, 2.45) is 0 Å². The largest absolute Gasteiger partial charge is 0.421 e. The van der Waals surface area contributed by atoms with Gasteiger partial charge in [0.1, 0.15) is 23.3 Å². The van der Waals surface area contributed by atoms with Crippen LogP contribution in [0.25, 0.3) is 0 Å². The number of anilines is 1. The molecule has 0 radical (unpaired) electrons. The Balaban J connectivity index is 3.88. The summed E-state index contributed by atoms with van der Waals surface area (Å²) < 4.78 is 63.3. The molecule has 0 aromatic heterocycles. The fraction of sp³-hybridized carbons (Fsp3) is 0.111. The third-order valence-corrected chi connectivity index (χ3v) is 1.93. The van der Waals surface area contributed by atoms with Gasteiger partial charge in [-0.05, 0) is 0 Å². The molecule has 3 nitrogen and oxygen atoms in total. The van der Waals surface area contributed by atoms with E-state index in [0.29, 0.717) is 0 Å². The Morgan fingerprint density at radius 2 is 1.41 bits per heavy atom. The lowest BCUT2D eigenvalue weighted by Gasteiger charge is -2.13. The molecule has 0 bridgehead atoms. The number of nitrogens with zero attached hydrogens (tertiary/aromatic N) is 2. The molecule has 0 fully saturated rings. The van der Waals surface area contributed by atoms with Gasteiger partial charge in [0, 0.05) is 0 Å². The second kappa shape index (κ2) is 3.91. The van der Waals surface area contributed by atoms with Crippen molar-refractivity contribution < 1.29 is 22.0 Å². The molecule has 0 spiro atoms. The van der Waals surface area contributed by atoms with E-state index in [2.05, 4.69) is 0 Å². The fourth-order valence-electron chi connectivity index (χ4n) is 1.21. The van der Waals surface area contributed by atoms with Gasteiger partial charge in [-0.15, -0.1) is 0 Å². The zero-order valence-electron chi connectivity index (χ0n) is 7.86. The molecule has 8 heteroatoms. The lowest BCUT2D eigenvalue weighted by atomic mass is 10.0. The Labute approximate surface area is 91.5 Å². The molecule has 1 aromatic rings. The maximum absolute atomic E-state index is 13.1. The summed E-state index contributed by atoms with van der Waals surface area (Å²) in [6, 6.07) is 2.23. The molecular formula is C9H2F5N3. The molecule has 0 heterocycles. The minimum absolute atomic E-state index is 1.03. The van der Waals surface area contributed by atoms with Gasteiger partial charge in [-0.3, -0.25) is 0 Å². The summed E-state index contributed by atoms with van der Waals surface area (Å²) in [5.41, 5.74) is -0.620. The normalized spacial score (nSPS) is 10.8. The van der Waals surface area contributed by atoms with Crippen LogP contribution in [0.3, 0.4) is 0 Å². The SMILES string of the molecule is N#Cc1c(N)c(C(F)(F)F)c(F)c(F)c1C#N. The summed E-state index contributed by atoms with van der Waals surface area (Å²) in [6.07, 6.45) is -5.26. The number of rotatable bonds is 0. The zero-order chi connectivity index (χ0) is 13.4. The van der Waals surface area contributed by atoms with E-state index in [1.807, 2.05) is 0 Å². The molecular weight excluding hydrogens is 245 g/mol. The summed E-state index contributed by atoms with van der Waals surface area (Å²) in [4.78, 5) is 0. The zero-order valence-corrected chi connectivity index (χ0v) is 7.86. The summed E-state index contributed by atoms with van der Waals surface area (Å²) in [7, 11) is 0. The van der Waals surface area contributed by atoms with Crippen molar-refractivity contribution in [1.82, 2.24) is 0 Å². The van der Waals surface area contributed by atoms with Crippen LogP contribution in [0.15, 0.2) is 0 Å². The Kier molecular flexibility index (Phi) is 2.92. The second-order valence-electron chi connectivity index (χ2n) is 2.89. The number of alkyl halides is 3. The highest BCUT2D eigenvalue weighted by molar-refractivity contribution is 5.67. The van der Waals surface area contributed by atoms with E-state index >= 15 is 0 Å². The van der Waals surface area contributed by atoms with Crippen LogP contribution in [0.4, 0.5) is 27.6 Å². The Morgan fingerprint density at radius 3 is 1.76 bits per heavy atom. The predicted octanol–water partition coefficient (Wildman–Crippen LogP) is 2.31. The molecule has 0 aliphatic rings. The van der Waals surface area contributed by atoms with Crippen LogP contribution in [-0.4, -0.2) is 0 Å². The molecule has 1 aromatic carbocycles. The highest BCUT2D eigenvalue weighted by atomic mass is 19.4. The molecule has 0 amide bonds. The van der Waals surface area contributed by atoms with E-state index in [4.69, 9.17) is 16.3 Å².